The Balaban J connectivity index is 1.65. The molecule has 8 heteroatoms. The fourth-order valence-corrected chi connectivity index (χ4v) is 3.57. The normalized spacial score (nSPS) is 15.5. The number of hydrogen-bond donors (Lipinski definition) is 2. The lowest BCUT2D eigenvalue weighted by Gasteiger charge is -2.29. The largest absolute Gasteiger partial charge is 0.487 e. The lowest BCUT2D eigenvalue weighted by molar-refractivity contribution is -0.140. The molecular formula is C25H20ClFN2O4. The van der Waals surface area contributed by atoms with E-state index in [1.165, 1.54) is 24.3 Å². The van der Waals surface area contributed by atoms with Crippen molar-refractivity contribution in [1.82, 2.24) is 10.6 Å². The minimum atomic E-state index is -0.847. The van der Waals surface area contributed by atoms with E-state index >= 15 is 0 Å². The molecule has 2 N–H and O–H groups in total. The van der Waals surface area contributed by atoms with Gasteiger partial charge in [0.15, 0.2) is 0 Å². The van der Waals surface area contributed by atoms with E-state index in [0.29, 0.717) is 16.3 Å². The van der Waals surface area contributed by atoms with Crippen LogP contribution in [-0.2, 0) is 16.1 Å². The fraction of sp³-hybridized carbons (Fsp3) is 0.120. The molecule has 1 aliphatic heterocycles. The average Bonchev–Trinajstić information content (AvgIpc) is 2.82. The van der Waals surface area contributed by atoms with Crippen molar-refractivity contribution in [3.8, 4) is 5.75 Å². The number of carbonyl (C=O) groups is 2. The van der Waals surface area contributed by atoms with E-state index < -0.39 is 23.9 Å². The monoisotopic (exact) mass is 466 g/mol. The van der Waals surface area contributed by atoms with Crippen LogP contribution in [0.25, 0.3) is 0 Å². The van der Waals surface area contributed by atoms with Gasteiger partial charge >= 0.3 is 12.0 Å². The van der Waals surface area contributed by atoms with Crippen molar-refractivity contribution in [2.75, 3.05) is 6.61 Å². The molecule has 33 heavy (non-hydrogen) atoms. The first-order valence-corrected chi connectivity index (χ1v) is 10.5. The molecule has 0 bridgehead atoms. The molecule has 0 aliphatic carbocycles. The Morgan fingerprint density at radius 1 is 0.970 bits per heavy atom. The summed E-state index contributed by atoms with van der Waals surface area (Å²) in [4.78, 5) is 25.6. The highest BCUT2D eigenvalue weighted by molar-refractivity contribution is 6.30. The topological polar surface area (TPSA) is 76.7 Å². The number of amides is 2. The Bertz CT molecular complexity index is 1180. The van der Waals surface area contributed by atoms with E-state index in [0.717, 1.165) is 5.56 Å². The third-order valence-electron chi connectivity index (χ3n) is 4.97. The second kappa shape index (κ2) is 10.2. The third-order valence-corrected chi connectivity index (χ3v) is 5.20. The minimum absolute atomic E-state index is 0.0513. The van der Waals surface area contributed by atoms with E-state index in [2.05, 4.69) is 10.6 Å². The van der Waals surface area contributed by atoms with Gasteiger partial charge in [0.05, 0.1) is 17.3 Å². The van der Waals surface area contributed by atoms with Crippen LogP contribution in [0.5, 0.6) is 5.75 Å². The van der Waals surface area contributed by atoms with Crippen molar-refractivity contribution in [2.24, 2.45) is 0 Å². The summed E-state index contributed by atoms with van der Waals surface area (Å²) in [5.41, 5.74) is 1.75. The lowest BCUT2D eigenvalue weighted by Crippen LogP contribution is -2.47. The maximum atomic E-state index is 13.5. The van der Waals surface area contributed by atoms with E-state index in [-0.39, 0.29) is 24.5 Å². The molecule has 0 radical (unpaired) electrons. The van der Waals surface area contributed by atoms with Gasteiger partial charge in [0.2, 0.25) is 0 Å². The molecule has 1 aliphatic rings. The highest BCUT2D eigenvalue weighted by Crippen LogP contribution is 2.29. The lowest BCUT2D eigenvalue weighted by atomic mass is 9.95. The van der Waals surface area contributed by atoms with Crippen molar-refractivity contribution in [2.45, 2.75) is 12.6 Å². The standard InChI is InChI=1S/C25H20ClFN2O4/c26-18-7-4-8-20(13-18)32-15-21-22(24(30)33-14-16-5-2-1-3-6-16)23(29-25(31)28-21)17-9-11-19(27)12-10-17/h1-13,23H,14-15H2,(H2,28,29,31). The molecule has 1 unspecified atom stereocenters. The number of hydrogen-bond acceptors (Lipinski definition) is 4. The van der Waals surface area contributed by atoms with E-state index in [9.17, 15) is 14.0 Å². The molecule has 168 valence electrons. The van der Waals surface area contributed by atoms with Gasteiger partial charge < -0.3 is 20.1 Å². The average molecular weight is 467 g/mol. The number of urea groups is 1. The number of carbonyl (C=O) groups excluding carboxylic acids is 2. The smallest absolute Gasteiger partial charge is 0.338 e. The Morgan fingerprint density at radius 2 is 1.73 bits per heavy atom. The summed E-state index contributed by atoms with van der Waals surface area (Å²) in [7, 11) is 0. The van der Waals surface area contributed by atoms with Crippen molar-refractivity contribution in [1.29, 1.82) is 0 Å². The molecule has 0 saturated carbocycles. The summed E-state index contributed by atoms with van der Waals surface area (Å²) in [6, 6.07) is 20.2. The molecule has 1 atom stereocenters. The van der Waals surface area contributed by atoms with Crippen LogP contribution >= 0.6 is 11.6 Å². The SMILES string of the molecule is O=C1NC(COc2cccc(Cl)c2)=C(C(=O)OCc2ccccc2)C(c2ccc(F)cc2)N1. The predicted octanol–water partition coefficient (Wildman–Crippen LogP) is 4.91. The molecule has 1 heterocycles. The number of nitrogens with one attached hydrogen (secondary N) is 2. The van der Waals surface area contributed by atoms with Crippen LogP contribution in [0.1, 0.15) is 17.2 Å². The summed E-state index contributed by atoms with van der Waals surface area (Å²) in [6.45, 7) is -0.0586. The van der Waals surface area contributed by atoms with Crippen LogP contribution < -0.4 is 15.4 Å². The first kappa shape index (κ1) is 22.4. The number of rotatable bonds is 7. The highest BCUT2D eigenvalue weighted by atomic mass is 35.5. The van der Waals surface area contributed by atoms with Crippen LogP contribution in [0, 0.1) is 5.82 Å². The summed E-state index contributed by atoms with van der Waals surface area (Å²) in [5.74, 6) is -0.593. The Kier molecular flexibility index (Phi) is 6.90. The van der Waals surface area contributed by atoms with Gasteiger partial charge in [0.25, 0.3) is 0 Å². The Hall–Kier alpha value is -3.84. The van der Waals surface area contributed by atoms with Gasteiger partial charge in [-0.15, -0.1) is 0 Å². The van der Waals surface area contributed by atoms with Crippen LogP contribution in [-0.4, -0.2) is 18.6 Å². The van der Waals surface area contributed by atoms with Crippen LogP contribution in [0.3, 0.4) is 0 Å². The summed E-state index contributed by atoms with van der Waals surface area (Å²) < 4.78 is 24.8. The van der Waals surface area contributed by atoms with Crippen molar-refractivity contribution >= 4 is 23.6 Å². The third kappa shape index (κ3) is 5.70. The van der Waals surface area contributed by atoms with Gasteiger partial charge in [-0.1, -0.05) is 60.1 Å². The van der Waals surface area contributed by atoms with Gasteiger partial charge in [-0.25, -0.2) is 14.0 Å². The fourth-order valence-electron chi connectivity index (χ4n) is 3.39. The molecule has 0 spiro atoms. The van der Waals surface area contributed by atoms with E-state index in [4.69, 9.17) is 21.1 Å². The summed E-state index contributed by atoms with van der Waals surface area (Å²) in [5, 5.41) is 5.84. The van der Waals surface area contributed by atoms with Gasteiger partial charge in [-0.05, 0) is 41.5 Å². The molecule has 3 aromatic carbocycles. The second-order valence-electron chi connectivity index (χ2n) is 7.28. The van der Waals surface area contributed by atoms with Crippen molar-refractivity contribution in [3.05, 3.63) is 112 Å². The number of benzene rings is 3. The first-order chi connectivity index (χ1) is 16.0. The zero-order valence-corrected chi connectivity index (χ0v) is 18.1. The zero-order chi connectivity index (χ0) is 23.2. The van der Waals surface area contributed by atoms with Gasteiger partial charge in [-0.3, -0.25) is 0 Å². The molecule has 2 amide bonds. The number of halogens is 2. The summed E-state index contributed by atoms with van der Waals surface area (Å²) >= 11 is 6.01. The number of esters is 1. The maximum absolute atomic E-state index is 13.5. The Morgan fingerprint density at radius 3 is 2.45 bits per heavy atom. The van der Waals surface area contributed by atoms with Gasteiger partial charge in [0.1, 0.15) is 24.8 Å². The van der Waals surface area contributed by atoms with Crippen molar-refractivity contribution in [3.63, 3.8) is 0 Å². The van der Waals surface area contributed by atoms with E-state index in [1.54, 1.807) is 24.3 Å². The minimum Gasteiger partial charge on any atom is -0.487 e. The quantitative estimate of drug-likeness (QED) is 0.485. The maximum Gasteiger partial charge on any atom is 0.338 e. The predicted molar refractivity (Wildman–Crippen MR) is 121 cm³/mol. The summed E-state index contributed by atoms with van der Waals surface area (Å²) in [6.07, 6.45) is 0. The van der Waals surface area contributed by atoms with Crippen LogP contribution in [0.4, 0.5) is 9.18 Å². The van der Waals surface area contributed by atoms with Gasteiger partial charge in [0, 0.05) is 5.02 Å². The van der Waals surface area contributed by atoms with Gasteiger partial charge in [-0.2, -0.15) is 0 Å². The zero-order valence-electron chi connectivity index (χ0n) is 17.4. The number of ether oxygens (including phenoxy) is 2. The van der Waals surface area contributed by atoms with Crippen LogP contribution in [0.15, 0.2) is 90.1 Å². The molecular weight excluding hydrogens is 447 g/mol. The Labute approximate surface area is 195 Å². The molecule has 0 aromatic heterocycles. The van der Waals surface area contributed by atoms with Crippen LogP contribution in [0.2, 0.25) is 5.02 Å². The molecule has 0 fully saturated rings. The molecule has 3 aromatic rings. The second-order valence-corrected chi connectivity index (χ2v) is 7.72. The highest BCUT2D eigenvalue weighted by Gasteiger charge is 2.34. The van der Waals surface area contributed by atoms with E-state index in [1.807, 2.05) is 30.3 Å². The molecule has 0 saturated heterocycles. The molecule has 6 nitrogen and oxygen atoms in total. The van der Waals surface area contributed by atoms with Crippen molar-refractivity contribution < 1.29 is 23.5 Å². The molecule has 4 rings (SSSR count). The first-order valence-electron chi connectivity index (χ1n) is 10.1.